The molecule has 2 nitrogen and oxygen atoms in total. The Morgan fingerprint density at radius 3 is 2.88 bits per heavy atom. The predicted molar refractivity (Wildman–Crippen MR) is 76.9 cm³/mol. The van der Waals surface area contributed by atoms with Crippen LogP contribution in [-0.4, -0.2) is 28.2 Å². The van der Waals surface area contributed by atoms with Crippen molar-refractivity contribution in [3.8, 4) is 0 Å². The molecule has 2 atom stereocenters. The molecule has 2 unspecified atom stereocenters. The molecule has 0 fully saturated rings. The second-order valence-electron chi connectivity index (χ2n) is 4.28. The molecule has 1 aromatic heterocycles. The summed E-state index contributed by atoms with van der Waals surface area (Å²) in [5.41, 5.74) is 1.04. The molecule has 1 aromatic carbocycles. The van der Waals surface area contributed by atoms with Crippen molar-refractivity contribution >= 4 is 33.3 Å². The number of thiazole rings is 1. The maximum atomic E-state index is 10.1. The van der Waals surface area contributed by atoms with Gasteiger partial charge in [0.05, 0.1) is 21.3 Å². The fourth-order valence-corrected chi connectivity index (χ4v) is 3.53. The largest absolute Gasteiger partial charge is 0.392 e. The smallest absolute Gasteiger partial charge is 0.0964 e. The molecule has 0 aliphatic carbocycles. The third-order valence-corrected chi connectivity index (χ3v) is 4.73. The van der Waals surface area contributed by atoms with Crippen LogP contribution in [0.2, 0.25) is 0 Å². The SMILES string of the molecule is CSCC(C)C(O)Cc1nc2ccccc2s1. The highest BCUT2D eigenvalue weighted by Crippen LogP contribution is 2.24. The third kappa shape index (κ3) is 3.21. The fraction of sp³-hybridized carbons (Fsp3) is 0.462. The van der Waals surface area contributed by atoms with Gasteiger partial charge in [-0.3, -0.25) is 0 Å². The second-order valence-corrected chi connectivity index (χ2v) is 6.31. The van der Waals surface area contributed by atoms with E-state index in [0.717, 1.165) is 16.3 Å². The number of hydrogen-bond donors (Lipinski definition) is 1. The van der Waals surface area contributed by atoms with Gasteiger partial charge in [0.25, 0.3) is 0 Å². The van der Waals surface area contributed by atoms with E-state index in [-0.39, 0.29) is 6.10 Å². The van der Waals surface area contributed by atoms with Gasteiger partial charge in [-0.2, -0.15) is 11.8 Å². The van der Waals surface area contributed by atoms with Crippen molar-refractivity contribution in [1.29, 1.82) is 0 Å². The molecule has 0 saturated heterocycles. The molecule has 0 amide bonds. The van der Waals surface area contributed by atoms with Crippen molar-refractivity contribution in [2.45, 2.75) is 19.4 Å². The summed E-state index contributed by atoms with van der Waals surface area (Å²) in [6, 6.07) is 8.12. The molecule has 4 heteroatoms. The number of aromatic nitrogens is 1. The molecular formula is C13H17NOS2. The number of nitrogens with zero attached hydrogens (tertiary/aromatic N) is 1. The molecule has 0 spiro atoms. The van der Waals surface area contributed by atoms with Crippen molar-refractivity contribution in [2.24, 2.45) is 5.92 Å². The summed E-state index contributed by atoms with van der Waals surface area (Å²) in [6.45, 7) is 2.09. The Morgan fingerprint density at radius 1 is 1.41 bits per heavy atom. The van der Waals surface area contributed by atoms with Crippen LogP contribution in [-0.2, 0) is 6.42 Å². The fourth-order valence-electron chi connectivity index (χ4n) is 1.76. The van der Waals surface area contributed by atoms with Crippen LogP contribution in [0.25, 0.3) is 10.2 Å². The number of fused-ring (bicyclic) bond motifs is 1. The first kappa shape index (κ1) is 12.9. The quantitative estimate of drug-likeness (QED) is 0.903. The van der Waals surface area contributed by atoms with Gasteiger partial charge in [-0.1, -0.05) is 19.1 Å². The zero-order chi connectivity index (χ0) is 12.3. The number of aliphatic hydroxyl groups is 1. The maximum Gasteiger partial charge on any atom is 0.0964 e. The van der Waals surface area contributed by atoms with Gasteiger partial charge < -0.3 is 5.11 Å². The first-order valence-corrected chi connectivity index (χ1v) is 7.93. The summed E-state index contributed by atoms with van der Waals surface area (Å²) in [5.74, 6) is 1.31. The van der Waals surface area contributed by atoms with E-state index < -0.39 is 0 Å². The van der Waals surface area contributed by atoms with Crippen LogP contribution in [0.3, 0.4) is 0 Å². The van der Waals surface area contributed by atoms with E-state index in [4.69, 9.17) is 0 Å². The van der Waals surface area contributed by atoms with E-state index in [9.17, 15) is 5.11 Å². The average molecular weight is 267 g/mol. The highest BCUT2D eigenvalue weighted by molar-refractivity contribution is 7.98. The average Bonchev–Trinajstić information content (AvgIpc) is 2.71. The lowest BCUT2D eigenvalue weighted by Gasteiger charge is -2.16. The van der Waals surface area contributed by atoms with Gasteiger partial charge in [0.2, 0.25) is 0 Å². The Bertz CT molecular complexity index is 450. The summed E-state index contributed by atoms with van der Waals surface area (Å²) in [7, 11) is 0. The predicted octanol–water partition coefficient (Wildman–Crippen LogP) is 3.20. The molecule has 0 bridgehead atoms. The second kappa shape index (κ2) is 5.85. The standard InChI is InChI=1S/C13H17NOS2/c1-9(8-16-2)11(15)7-13-14-10-5-3-4-6-12(10)17-13/h3-6,9,11,15H,7-8H2,1-2H3. The maximum absolute atomic E-state index is 10.1. The summed E-state index contributed by atoms with van der Waals surface area (Å²) in [5, 5.41) is 11.1. The minimum absolute atomic E-state index is 0.289. The molecule has 2 aromatic rings. The van der Waals surface area contributed by atoms with Gasteiger partial charge in [-0.05, 0) is 30.1 Å². The van der Waals surface area contributed by atoms with E-state index in [2.05, 4.69) is 24.2 Å². The van der Waals surface area contributed by atoms with Gasteiger partial charge in [-0.25, -0.2) is 4.98 Å². The Morgan fingerprint density at radius 2 is 2.18 bits per heavy atom. The molecule has 0 aliphatic rings. The van der Waals surface area contributed by atoms with Crippen LogP contribution in [0.15, 0.2) is 24.3 Å². The first-order chi connectivity index (χ1) is 8.20. The van der Waals surface area contributed by atoms with Gasteiger partial charge >= 0.3 is 0 Å². The molecule has 92 valence electrons. The van der Waals surface area contributed by atoms with Gasteiger partial charge in [0.1, 0.15) is 0 Å². The highest BCUT2D eigenvalue weighted by atomic mass is 32.2. The van der Waals surface area contributed by atoms with E-state index in [0.29, 0.717) is 12.3 Å². The topological polar surface area (TPSA) is 33.1 Å². The van der Waals surface area contributed by atoms with E-state index >= 15 is 0 Å². The molecular weight excluding hydrogens is 250 g/mol. The van der Waals surface area contributed by atoms with Gasteiger partial charge in [-0.15, -0.1) is 11.3 Å². The lowest BCUT2D eigenvalue weighted by molar-refractivity contribution is 0.128. The Kier molecular flexibility index (Phi) is 4.42. The van der Waals surface area contributed by atoms with E-state index in [1.54, 1.807) is 23.1 Å². The molecule has 2 rings (SSSR count). The van der Waals surface area contributed by atoms with Crippen molar-refractivity contribution < 1.29 is 5.11 Å². The number of rotatable bonds is 5. The Labute approximate surface area is 110 Å². The van der Waals surface area contributed by atoms with Crippen LogP contribution < -0.4 is 0 Å². The van der Waals surface area contributed by atoms with Gasteiger partial charge in [0.15, 0.2) is 0 Å². The van der Waals surface area contributed by atoms with Crippen LogP contribution in [0, 0.1) is 5.92 Å². The number of hydrogen-bond acceptors (Lipinski definition) is 4. The normalized spacial score (nSPS) is 15.0. The Balaban J connectivity index is 2.07. The molecule has 0 radical (unpaired) electrons. The van der Waals surface area contributed by atoms with Crippen molar-refractivity contribution in [3.05, 3.63) is 29.3 Å². The minimum Gasteiger partial charge on any atom is -0.392 e. The molecule has 1 N–H and O–H groups in total. The third-order valence-electron chi connectivity index (χ3n) is 2.81. The first-order valence-electron chi connectivity index (χ1n) is 5.72. The van der Waals surface area contributed by atoms with Crippen molar-refractivity contribution in [2.75, 3.05) is 12.0 Å². The summed E-state index contributed by atoms with van der Waals surface area (Å²) < 4.78 is 1.20. The van der Waals surface area contributed by atoms with Crippen LogP contribution >= 0.6 is 23.1 Å². The number of aliphatic hydroxyl groups excluding tert-OH is 1. The van der Waals surface area contributed by atoms with Gasteiger partial charge in [0, 0.05) is 6.42 Å². The number of para-hydroxylation sites is 1. The highest BCUT2D eigenvalue weighted by Gasteiger charge is 2.16. The number of benzene rings is 1. The lowest BCUT2D eigenvalue weighted by atomic mass is 10.0. The van der Waals surface area contributed by atoms with Crippen LogP contribution in [0.5, 0.6) is 0 Å². The van der Waals surface area contributed by atoms with E-state index in [1.165, 1.54) is 4.70 Å². The molecule has 17 heavy (non-hydrogen) atoms. The molecule has 0 saturated carbocycles. The zero-order valence-corrected chi connectivity index (χ0v) is 11.7. The summed E-state index contributed by atoms with van der Waals surface area (Å²) >= 11 is 3.46. The lowest BCUT2D eigenvalue weighted by Crippen LogP contribution is -2.22. The summed E-state index contributed by atoms with van der Waals surface area (Å²) in [4.78, 5) is 4.55. The van der Waals surface area contributed by atoms with Crippen LogP contribution in [0.1, 0.15) is 11.9 Å². The number of thioether (sulfide) groups is 1. The Hall–Kier alpha value is -0.580. The summed E-state index contributed by atoms with van der Waals surface area (Å²) in [6.07, 6.45) is 2.45. The van der Waals surface area contributed by atoms with Crippen molar-refractivity contribution in [1.82, 2.24) is 4.98 Å². The van der Waals surface area contributed by atoms with Crippen LogP contribution in [0.4, 0.5) is 0 Å². The zero-order valence-electron chi connectivity index (χ0n) is 10.1. The molecule has 1 heterocycles. The minimum atomic E-state index is -0.289. The monoisotopic (exact) mass is 267 g/mol. The van der Waals surface area contributed by atoms with E-state index in [1.807, 2.05) is 18.2 Å². The molecule has 0 aliphatic heterocycles. The van der Waals surface area contributed by atoms with Crippen molar-refractivity contribution in [3.63, 3.8) is 0 Å².